The standard InChI is InChI=1S/C23H29FN4O3S.C2HF3O2/c1-17-3-2-12-28(16-17)23(29)18-4-9-22(27-13-10-25-11-14-27)21(15-18)26-32(30,31)20-7-5-19(24)6-8-20;3-2(4,5)1(6)7/h4-9,15,17,25-26H,2-3,10-14,16H2,1H3;(H,6,7). The Morgan fingerprint density at radius 3 is 2.23 bits per heavy atom. The van der Waals surface area contributed by atoms with Crippen LogP contribution >= 0.6 is 0 Å². The minimum absolute atomic E-state index is 0.0354. The SMILES string of the molecule is CC1CCCN(C(=O)c2ccc(N3CCNCC3)c(NS(=O)(=O)c3ccc(F)cc3)c2)C1.O=C(O)C(F)(F)F. The third-order valence-electron chi connectivity index (χ3n) is 6.26. The minimum atomic E-state index is -5.08. The third kappa shape index (κ3) is 8.30. The maximum absolute atomic E-state index is 13.3. The molecule has 2 aliphatic heterocycles. The number of likely N-dealkylation sites (tertiary alicyclic amines) is 1. The highest BCUT2D eigenvalue weighted by atomic mass is 32.2. The Morgan fingerprint density at radius 2 is 1.67 bits per heavy atom. The van der Waals surface area contributed by atoms with Crippen molar-refractivity contribution in [3.05, 3.63) is 53.8 Å². The molecule has 39 heavy (non-hydrogen) atoms. The van der Waals surface area contributed by atoms with Crippen molar-refractivity contribution in [1.29, 1.82) is 0 Å². The minimum Gasteiger partial charge on any atom is -0.475 e. The van der Waals surface area contributed by atoms with Gasteiger partial charge in [-0.15, -0.1) is 0 Å². The van der Waals surface area contributed by atoms with Gasteiger partial charge in [-0.05, 0) is 61.2 Å². The van der Waals surface area contributed by atoms with Crippen LogP contribution in [-0.4, -0.2) is 75.7 Å². The number of sulfonamides is 1. The Bertz CT molecular complexity index is 1270. The van der Waals surface area contributed by atoms with Crippen LogP contribution in [0.5, 0.6) is 0 Å². The fraction of sp³-hybridized carbons (Fsp3) is 0.440. The predicted molar refractivity (Wildman–Crippen MR) is 137 cm³/mol. The number of piperazine rings is 1. The molecule has 0 saturated carbocycles. The average Bonchev–Trinajstić information content (AvgIpc) is 2.88. The molecule has 14 heteroatoms. The maximum atomic E-state index is 13.3. The lowest BCUT2D eigenvalue weighted by Gasteiger charge is -2.33. The lowest BCUT2D eigenvalue weighted by molar-refractivity contribution is -0.192. The first-order valence-electron chi connectivity index (χ1n) is 12.3. The van der Waals surface area contributed by atoms with Gasteiger partial charge in [0.2, 0.25) is 0 Å². The number of rotatable bonds is 5. The van der Waals surface area contributed by atoms with Crippen molar-refractivity contribution in [2.45, 2.75) is 30.8 Å². The molecule has 2 aliphatic rings. The van der Waals surface area contributed by atoms with E-state index in [1.54, 1.807) is 12.1 Å². The van der Waals surface area contributed by atoms with E-state index in [1.807, 2.05) is 11.0 Å². The number of carboxylic acids is 1. The smallest absolute Gasteiger partial charge is 0.475 e. The molecule has 1 unspecified atom stereocenters. The number of halogens is 4. The van der Waals surface area contributed by atoms with Crippen LogP contribution in [0, 0.1) is 11.7 Å². The second-order valence-corrected chi connectivity index (χ2v) is 11.0. The van der Waals surface area contributed by atoms with Gasteiger partial charge in [-0.25, -0.2) is 17.6 Å². The monoisotopic (exact) mass is 574 g/mol. The van der Waals surface area contributed by atoms with E-state index in [0.29, 0.717) is 30.3 Å². The molecule has 2 aromatic carbocycles. The van der Waals surface area contributed by atoms with Gasteiger partial charge in [-0.2, -0.15) is 13.2 Å². The lowest BCUT2D eigenvalue weighted by Crippen LogP contribution is -2.44. The van der Waals surface area contributed by atoms with Crippen molar-refractivity contribution in [1.82, 2.24) is 10.2 Å². The zero-order chi connectivity index (χ0) is 28.8. The van der Waals surface area contributed by atoms with Crippen LogP contribution < -0.4 is 14.9 Å². The van der Waals surface area contributed by atoms with Gasteiger partial charge in [-0.1, -0.05) is 6.92 Å². The molecule has 3 N–H and O–H groups in total. The fourth-order valence-electron chi connectivity index (χ4n) is 4.31. The fourth-order valence-corrected chi connectivity index (χ4v) is 5.37. The number of aliphatic carboxylic acids is 1. The summed E-state index contributed by atoms with van der Waals surface area (Å²) in [7, 11) is -3.95. The first-order chi connectivity index (χ1) is 18.3. The number of nitrogens with zero attached hydrogens (tertiary/aromatic N) is 2. The highest BCUT2D eigenvalue weighted by Crippen LogP contribution is 2.31. The van der Waals surface area contributed by atoms with Crippen molar-refractivity contribution in [2.75, 3.05) is 48.9 Å². The Morgan fingerprint density at radius 1 is 1.05 bits per heavy atom. The summed E-state index contributed by atoms with van der Waals surface area (Å²) in [4.78, 5) is 25.9. The van der Waals surface area contributed by atoms with E-state index in [2.05, 4.69) is 21.9 Å². The number of alkyl halides is 3. The van der Waals surface area contributed by atoms with E-state index >= 15 is 0 Å². The molecule has 2 aromatic rings. The van der Waals surface area contributed by atoms with E-state index in [4.69, 9.17) is 9.90 Å². The van der Waals surface area contributed by atoms with Crippen LogP contribution in [0.15, 0.2) is 47.4 Å². The first-order valence-corrected chi connectivity index (χ1v) is 13.7. The van der Waals surface area contributed by atoms with Gasteiger partial charge in [0.15, 0.2) is 0 Å². The van der Waals surface area contributed by atoms with E-state index in [9.17, 15) is 30.8 Å². The van der Waals surface area contributed by atoms with Crippen molar-refractivity contribution in [3.63, 3.8) is 0 Å². The molecule has 9 nitrogen and oxygen atoms in total. The van der Waals surface area contributed by atoms with Gasteiger partial charge in [-0.3, -0.25) is 9.52 Å². The molecule has 1 amide bonds. The molecule has 2 heterocycles. The van der Waals surface area contributed by atoms with Crippen LogP contribution in [0.3, 0.4) is 0 Å². The number of carboxylic acid groups (broad SMARTS) is 1. The molecule has 1 atom stereocenters. The summed E-state index contributed by atoms with van der Waals surface area (Å²) in [6.07, 6.45) is -3.01. The van der Waals surface area contributed by atoms with Gasteiger partial charge >= 0.3 is 12.1 Å². The summed E-state index contributed by atoms with van der Waals surface area (Å²) >= 11 is 0. The largest absolute Gasteiger partial charge is 0.490 e. The van der Waals surface area contributed by atoms with E-state index in [-0.39, 0.29) is 10.8 Å². The molecule has 2 saturated heterocycles. The number of carbonyl (C=O) groups is 2. The van der Waals surface area contributed by atoms with Gasteiger partial charge < -0.3 is 20.2 Å². The first kappa shape index (κ1) is 30.2. The summed E-state index contributed by atoms with van der Waals surface area (Å²) in [5.41, 5.74) is 1.53. The van der Waals surface area contributed by atoms with Crippen LogP contribution in [0.2, 0.25) is 0 Å². The molecule has 0 radical (unpaired) electrons. The van der Waals surface area contributed by atoms with Crippen LogP contribution in [0.4, 0.5) is 28.9 Å². The van der Waals surface area contributed by atoms with Crippen molar-refractivity contribution in [2.24, 2.45) is 5.92 Å². The Hall–Kier alpha value is -3.39. The highest BCUT2D eigenvalue weighted by molar-refractivity contribution is 7.92. The van der Waals surface area contributed by atoms with E-state index < -0.39 is 28.0 Å². The number of carbonyl (C=O) groups excluding carboxylic acids is 1. The number of benzene rings is 2. The summed E-state index contributed by atoms with van der Waals surface area (Å²) in [5, 5.41) is 10.4. The van der Waals surface area contributed by atoms with Crippen LogP contribution in [0.1, 0.15) is 30.1 Å². The highest BCUT2D eigenvalue weighted by Gasteiger charge is 2.38. The normalized spacial score (nSPS) is 18.1. The third-order valence-corrected chi connectivity index (χ3v) is 7.64. The average molecular weight is 575 g/mol. The number of nitrogens with one attached hydrogen (secondary N) is 2. The number of anilines is 2. The molecule has 0 aliphatic carbocycles. The molecular formula is C25H30F4N4O5S. The van der Waals surface area contributed by atoms with Crippen LogP contribution in [-0.2, 0) is 14.8 Å². The number of hydrogen-bond acceptors (Lipinski definition) is 6. The van der Waals surface area contributed by atoms with Crippen molar-refractivity contribution in [3.8, 4) is 0 Å². The van der Waals surface area contributed by atoms with Gasteiger partial charge in [0.05, 0.1) is 16.3 Å². The molecule has 0 aromatic heterocycles. The quantitative estimate of drug-likeness (QED) is 0.468. The zero-order valence-corrected chi connectivity index (χ0v) is 22.0. The summed E-state index contributed by atoms with van der Waals surface area (Å²) < 4.78 is 73.7. The topological polar surface area (TPSA) is 119 Å². The predicted octanol–water partition coefficient (Wildman–Crippen LogP) is 3.54. The van der Waals surface area contributed by atoms with Gasteiger partial charge in [0.1, 0.15) is 5.82 Å². The summed E-state index contributed by atoms with van der Waals surface area (Å²) in [6.45, 7) is 6.57. The molecule has 4 rings (SSSR count). The molecule has 0 spiro atoms. The van der Waals surface area contributed by atoms with Crippen LogP contribution in [0.25, 0.3) is 0 Å². The Balaban J connectivity index is 0.000000532. The summed E-state index contributed by atoms with van der Waals surface area (Å²) in [5.74, 6) is -2.91. The van der Waals surface area contributed by atoms with Gasteiger partial charge in [0.25, 0.3) is 15.9 Å². The molecule has 214 valence electrons. The summed E-state index contributed by atoms with van der Waals surface area (Å²) in [6, 6.07) is 9.90. The molecular weight excluding hydrogens is 544 g/mol. The van der Waals surface area contributed by atoms with Crippen molar-refractivity contribution < 1.29 is 40.7 Å². The second-order valence-electron chi connectivity index (χ2n) is 9.33. The Kier molecular flexibility index (Phi) is 9.78. The Labute approximate surface area is 223 Å². The zero-order valence-electron chi connectivity index (χ0n) is 21.2. The van der Waals surface area contributed by atoms with Gasteiger partial charge in [0, 0.05) is 44.8 Å². The molecule has 0 bridgehead atoms. The van der Waals surface area contributed by atoms with Crippen molar-refractivity contribution >= 4 is 33.3 Å². The van der Waals surface area contributed by atoms with E-state index in [1.165, 1.54) is 12.1 Å². The van der Waals surface area contributed by atoms with E-state index in [0.717, 1.165) is 56.8 Å². The number of amides is 1. The maximum Gasteiger partial charge on any atom is 0.490 e. The second kappa shape index (κ2) is 12.6. The number of hydrogen-bond donors (Lipinski definition) is 3. The lowest BCUT2D eigenvalue weighted by atomic mass is 9.99. The number of piperidine rings is 1. The molecule has 2 fully saturated rings.